The second-order valence-corrected chi connectivity index (χ2v) is 6.41. The van der Waals surface area contributed by atoms with Crippen molar-refractivity contribution in [1.82, 2.24) is 5.32 Å². The molecular formula is C17H21NO5. The molecule has 1 amide bonds. The van der Waals surface area contributed by atoms with Gasteiger partial charge in [0, 0.05) is 11.1 Å². The van der Waals surface area contributed by atoms with Crippen molar-refractivity contribution in [3.05, 3.63) is 29.8 Å². The molecule has 0 spiro atoms. The molecule has 1 aromatic rings. The van der Waals surface area contributed by atoms with Crippen LogP contribution in [0.4, 0.5) is 0 Å². The minimum absolute atomic E-state index is 0.123. The van der Waals surface area contributed by atoms with Gasteiger partial charge in [-0.05, 0) is 33.8 Å². The predicted molar refractivity (Wildman–Crippen MR) is 82.8 cm³/mol. The molecule has 124 valence electrons. The van der Waals surface area contributed by atoms with Crippen LogP contribution in [0.5, 0.6) is 5.75 Å². The fraction of sp³-hybridized carbons (Fsp3) is 0.471. The third kappa shape index (κ3) is 3.70. The number of nitrogens with one attached hydrogen (secondary N) is 1. The summed E-state index contributed by atoms with van der Waals surface area (Å²) in [4.78, 5) is 37.2. The summed E-state index contributed by atoms with van der Waals surface area (Å²) in [5.74, 6) is -3.89. The van der Waals surface area contributed by atoms with Crippen LogP contribution < -0.4 is 10.1 Å². The number of esters is 2. The molecule has 23 heavy (non-hydrogen) atoms. The first-order chi connectivity index (χ1) is 10.7. The van der Waals surface area contributed by atoms with Crippen molar-refractivity contribution in [2.75, 3.05) is 6.61 Å². The molecule has 2 atom stereocenters. The van der Waals surface area contributed by atoms with Crippen LogP contribution in [0.3, 0.4) is 0 Å². The van der Waals surface area contributed by atoms with E-state index in [1.54, 1.807) is 31.2 Å². The summed E-state index contributed by atoms with van der Waals surface area (Å²) in [6.07, 6.45) is 0. The van der Waals surface area contributed by atoms with E-state index in [2.05, 4.69) is 5.32 Å². The van der Waals surface area contributed by atoms with Gasteiger partial charge in [-0.15, -0.1) is 0 Å². The number of fused-ring (bicyclic) bond motifs is 1. The third-order valence-corrected chi connectivity index (χ3v) is 3.37. The van der Waals surface area contributed by atoms with Crippen LogP contribution in [0.25, 0.3) is 0 Å². The van der Waals surface area contributed by atoms with Gasteiger partial charge in [0.25, 0.3) is 0 Å². The summed E-state index contributed by atoms with van der Waals surface area (Å²) in [5, 5.41) is 2.82. The molecule has 0 aromatic heterocycles. The highest BCUT2D eigenvalue weighted by Crippen LogP contribution is 2.38. The Labute approximate surface area is 135 Å². The maximum atomic E-state index is 12.7. The zero-order valence-electron chi connectivity index (χ0n) is 13.7. The second-order valence-electron chi connectivity index (χ2n) is 6.41. The van der Waals surface area contributed by atoms with Crippen LogP contribution in [-0.2, 0) is 19.1 Å². The summed E-state index contributed by atoms with van der Waals surface area (Å²) in [6.45, 7) is 7.26. The summed E-state index contributed by atoms with van der Waals surface area (Å²) < 4.78 is 10.2. The van der Waals surface area contributed by atoms with E-state index in [1.165, 1.54) is 0 Å². The van der Waals surface area contributed by atoms with Crippen molar-refractivity contribution in [3.63, 3.8) is 0 Å². The number of amides is 1. The van der Waals surface area contributed by atoms with Crippen LogP contribution in [0.2, 0.25) is 0 Å². The van der Waals surface area contributed by atoms with E-state index in [4.69, 9.17) is 9.47 Å². The average molecular weight is 319 g/mol. The topological polar surface area (TPSA) is 81.7 Å². The average Bonchev–Trinajstić information content (AvgIpc) is 2.44. The minimum Gasteiger partial charge on any atom is -0.465 e. The van der Waals surface area contributed by atoms with Gasteiger partial charge < -0.3 is 14.8 Å². The number of carbonyl (C=O) groups is 3. The fourth-order valence-corrected chi connectivity index (χ4v) is 2.52. The van der Waals surface area contributed by atoms with E-state index in [1.807, 2.05) is 20.8 Å². The van der Waals surface area contributed by atoms with Crippen molar-refractivity contribution in [2.45, 2.75) is 39.2 Å². The molecule has 1 heterocycles. The van der Waals surface area contributed by atoms with E-state index >= 15 is 0 Å². The van der Waals surface area contributed by atoms with Crippen LogP contribution in [0.1, 0.15) is 39.2 Å². The Kier molecular flexibility index (Phi) is 4.73. The molecule has 1 N–H and O–H groups in total. The van der Waals surface area contributed by atoms with Crippen LogP contribution in [0, 0.1) is 5.92 Å². The molecule has 1 aromatic carbocycles. The van der Waals surface area contributed by atoms with Gasteiger partial charge in [0.05, 0.1) is 12.5 Å². The van der Waals surface area contributed by atoms with Crippen LogP contribution >= 0.6 is 0 Å². The number of hydrogen-bond acceptors (Lipinski definition) is 5. The van der Waals surface area contributed by atoms with Gasteiger partial charge >= 0.3 is 11.9 Å². The van der Waals surface area contributed by atoms with Gasteiger partial charge in [0.2, 0.25) is 5.91 Å². The number of carbonyl (C=O) groups excluding carboxylic acids is 3. The molecule has 2 unspecified atom stereocenters. The molecular weight excluding hydrogens is 298 g/mol. The molecule has 0 fully saturated rings. The summed E-state index contributed by atoms with van der Waals surface area (Å²) in [5.41, 5.74) is 0.0129. The van der Waals surface area contributed by atoms with Gasteiger partial charge in [-0.25, -0.2) is 0 Å². The lowest BCUT2D eigenvalue weighted by Crippen LogP contribution is -2.49. The molecule has 6 nitrogen and oxygen atoms in total. The molecule has 0 bridgehead atoms. The Morgan fingerprint density at radius 1 is 1.22 bits per heavy atom. The highest BCUT2D eigenvalue weighted by Gasteiger charge is 2.47. The third-order valence-electron chi connectivity index (χ3n) is 3.37. The maximum Gasteiger partial charge on any atom is 0.326 e. The monoisotopic (exact) mass is 319 g/mol. The molecule has 0 saturated carbocycles. The normalized spacial score (nSPS) is 20.3. The van der Waals surface area contributed by atoms with E-state index in [9.17, 15) is 14.4 Å². The number of benzene rings is 1. The SMILES string of the molecule is CCOC(=O)C1C(=O)Oc2ccccc2C1C(=O)NC(C)(C)C. The Bertz CT molecular complexity index is 632. The largest absolute Gasteiger partial charge is 0.465 e. The zero-order valence-corrected chi connectivity index (χ0v) is 13.7. The second kappa shape index (κ2) is 6.40. The summed E-state index contributed by atoms with van der Waals surface area (Å²) in [7, 11) is 0. The summed E-state index contributed by atoms with van der Waals surface area (Å²) >= 11 is 0. The lowest BCUT2D eigenvalue weighted by atomic mass is 9.82. The first-order valence-corrected chi connectivity index (χ1v) is 7.54. The summed E-state index contributed by atoms with van der Waals surface area (Å²) in [6, 6.07) is 6.72. The lowest BCUT2D eigenvalue weighted by Gasteiger charge is -2.32. The fourth-order valence-electron chi connectivity index (χ4n) is 2.52. The van der Waals surface area contributed by atoms with E-state index in [0.717, 1.165) is 0 Å². The Hall–Kier alpha value is -2.37. The van der Waals surface area contributed by atoms with Crippen molar-refractivity contribution < 1.29 is 23.9 Å². The van der Waals surface area contributed by atoms with Crippen molar-refractivity contribution in [1.29, 1.82) is 0 Å². The smallest absolute Gasteiger partial charge is 0.326 e. The highest BCUT2D eigenvalue weighted by molar-refractivity contribution is 6.04. The van der Waals surface area contributed by atoms with Gasteiger partial charge in [0.1, 0.15) is 5.75 Å². The molecule has 0 radical (unpaired) electrons. The molecule has 0 aliphatic carbocycles. The number of rotatable bonds is 3. The van der Waals surface area contributed by atoms with Gasteiger partial charge in [-0.1, -0.05) is 18.2 Å². The van der Waals surface area contributed by atoms with Crippen LogP contribution in [0.15, 0.2) is 24.3 Å². The minimum atomic E-state index is -1.30. The lowest BCUT2D eigenvalue weighted by molar-refractivity contribution is -0.161. The highest BCUT2D eigenvalue weighted by atomic mass is 16.6. The Balaban J connectivity index is 2.46. The molecule has 6 heteroatoms. The molecule has 1 aliphatic rings. The van der Waals surface area contributed by atoms with Gasteiger partial charge in [-0.3, -0.25) is 14.4 Å². The van der Waals surface area contributed by atoms with Crippen molar-refractivity contribution in [2.24, 2.45) is 5.92 Å². The predicted octanol–water partition coefficient (Wildman–Crippen LogP) is 1.78. The van der Waals surface area contributed by atoms with Crippen molar-refractivity contribution >= 4 is 17.8 Å². The first-order valence-electron chi connectivity index (χ1n) is 7.54. The maximum absolute atomic E-state index is 12.7. The van der Waals surface area contributed by atoms with Gasteiger partial charge in [-0.2, -0.15) is 0 Å². The Morgan fingerprint density at radius 2 is 1.87 bits per heavy atom. The molecule has 0 saturated heterocycles. The van der Waals surface area contributed by atoms with E-state index in [-0.39, 0.29) is 6.61 Å². The zero-order chi connectivity index (χ0) is 17.2. The van der Waals surface area contributed by atoms with Crippen LogP contribution in [-0.4, -0.2) is 30.0 Å². The van der Waals surface area contributed by atoms with E-state index < -0.39 is 35.2 Å². The quantitative estimate of drug-likeness (QED) is 0.522. The number of para-hydroxylation sites is 1. The first kappa shape index (κ1) is 17.0. The number of ether oxygens (including phenoxy) is 2. The van der Waals surface area contributed by atoms with E-state index in [0.29, 0.717) is 11.3 Å². The molecule has 1 aliphatic heterocycles. The Morgan fingerprint density at radius 3 is 2.48 bits per heavy atom. The van der Waals surface area contributed by atoms with Crippen molar-refractivity contribution in [3.8, 4) is 5.75 Å². The number of hydrogen-bond donors (Lipinski definition) is 1. The molecule has 2 rings (SSSR count). The standard InChI is InChI=1S/C17H21NO5/c1-5-22-15(20)13-12(14(19)18-17(2,3)4)10-8-6-7-9-11(10)23-16(13)21/h6-9,12-13H,5H2,1-4H3,(H,18,19). The van der Waals surface area contributed by atoms with Gasteiger partial charge in [0.15, 0.2) is 5.92 Å².